The highest BCUT2D eigenvalue weighted by atomic mass is 32.2. The van der Waals surface area contributed by atoms with Crippen molar-refractivity contribution >= 4 is 17.7 Å². The Hall–Kier alpha value is -2.60. The molecule has 29 heavy (non-hydrogen) atoms. The van der Waals surface area contributed by atoms with Crippen LogP contribution in [0.15, 0.2) is 65.8 Å². The molecule has 0 bridgehead atoms. The van der Waals surface area contributed by atoms with Gasteiger partial charge in [0.25, 0.3) is 0 Å². The van der Waals surface area contributed by atoms with Crippen molar-refractivity contribution in [1.82, 2.24) is 20.1 Å². The van der Waals surface area contributed by atoms with Gasteiger partial charge in [-0.15, -0.1) is 10.2 Å². The number of benzene rings is 2. The summed E-state index contributed by atoms with van der Waals surface area (Å²) >= 11 is 1.43. The predicted octanol–water partition coefficient (Wildman–Crippen LogP) is 4.72. The summed E-state index contributed by atoms with van der Waals surface area (Å²) in [6.45, 7) is 2.29. The summed E-state index contributed by atoms with van der Waals surface area (Å²) in [6, 6.07) is 20.4. The van der Waals surface area contributed by atoms with Gasteiger partial charge in [-0.3, -0.25) is 9.36 Å². The normalized spacial score (nSPS) is 19.1. The van der Waals surface area contributed by atoms with Crippen LogP contribution >= 0.6 is 11.8 Å². The number of thioether (sulfide) groups is 1. The van der Waals surface area contributed by atoms with Gasteiger partial charge >= 0.3 is 0 Å². The van der Waals surface area contributed by atoms with E-state index >= 15 is 0 Å². The van der Waals surface area contributed by atoms with Crippen LogP contribution in [0.2, 0.25) is 0 Å². The summed E-state index contributed by atoms with van der Waals surface area (Å²) in [5.41, 5.74) is 1.98. The molecule has 1 aromatic heterocycles. The van der Waals surface area contributed by atoms with Crippen LogP contribution in [0.3, 0.4) is 0 Å². The summed E-state index contributed by atoms with van der Waals surface area (Å²) < 4.78 is 2.02. The highest BCUT2D eigenvalue weighted by Crippen LogP contribution is 2.28. The van der Waals surface area contributed by atoms with Crippen molar-refractivity contribution in [2.75, 3.05) is 5.75 Å². The van der Waals surface area contributed by atoms with Crippen molar-refractivity contribution < 1.29 is 4.79 Å². The Kier molecular flexibility index (Phi) is 6.30. The molecule has 2 aromatic carbocycles. The summed E-state index contributed by atoms with van der Waals surface area (Å²) in [7, 11) is 0. The number of carbonyl (C=O) groups excluding carboxylic acids is 1. The second-order valence-electron chi connectivity index (χ2n) is 7.66. The zero-order chi connectivity index (χ0) is 20.1. The van der Waals surface area contributed by atoms with Crippen LogP contribution in [0.1, 0.15) is 32.6 Å². The smallest absolute Gasteiger partial charge is 0.230 e. The molecule has 0 spiro atoms. The number of hydrogen-bond donors (Lipinski definition) is 1. The fourth-order valence-electron chi connectivity index (χ4n) is 3.75. The molecule has 0 saturated heterocycles. The maximum atomic E-state index is 12.5. The Morgan fingerprint density at radius 1 is 1.00 bits per heavy atom. The van der Waals surface area contributed by atoms with E-state index in [2.05, 4.69) is 22.4 Å². The molecular weight excluding hydrogens is 380 g/mol. The highest BCUT2D eigenvalue weighted by molar-refractivity contribution is 7.99. The quantitative estimate of drug-likeness (QED) is 0.602. The third-order valence-electron chi connectivity index (χ3n) is 5.39. The lowest BCUT2D eigenvalue weighted by Gasteiger charge is -2.26. The highest BCUT2D eigenvalue weighted by Gasteiger charge is 2.21. The lowest BCUT2D eigenvalue weighted by molar-refractivity contribution is -0.119. The molecule has 1 heterocycles. The van der Waals surface area contributed by atoms with Crippen LogP contribution in [0.4, 0.5) is 0 Å². The molecule has 0 atom stereocenters. The van der Waals surface area contributed by atoms with Crippen LogP contribution in [-0.4, -0.2) is 32.5 Å². The molecule has 5 nitrogen and oxygen atoms in total. The maximum absolute atomic E-state index is 12.5. The van der Waals surface area contributed by atoms with Gasteiger partial charge in [-0.2, -0.15) is 0 Å². The fourth-order valence-corrected chi connectivity index (χ4v) is 4.51. The first-order chi connectivity index (χ1) is 14.2. The van der Waals surface area contributed by atoms with Crippen molar-refractivity contribution in [2.24, 2.45) is 5.92 Å². The monoisotopic (exact) mass is 406 g/mol. The number of nitrogens with zero attached hydrogens (tertiary/aromatic N) is 3. The van der Waals surface area contributed by atoms with Crippen molar-refractivity contribution in [3.8, 4) is 17.1 Å². The first kappa shape index (κ1) is 19.7. The molecular formula is C23H26N4OS. The first-order valence-electron chi connectivity index (χ1n) is 10.2. The van der Waals surface area contributed by atoms with Crippen LogP contribution in [0.5, 0.6) is 0 Å². The largest absolute Gasteiger partial charge is 0.353 e. The van der Waals surface area contributed by atoms with Crippen LogP contribution in [0, 0.1) is 5.92 Å². The molecule has 3 aromatic rings. The Morgan fingerprint density at radius 3 is 2.34 bits per heavy atom. The van der Waals surface area contributed by atoms with E-state index in [1.54, 1.807) is 0 Å². The van der Waals surface area contributed by atoms with E-state index in [1.807, 2.05) is 65.2 Å². The Morgan fingerprint density at radius 2 is 1.66 bits per heavy atom. The third-order valence-corrected chi connectivity index (χ3v) is 6.32. The van der Waals surface area contributed by atoms with Crippen molar-refractivity contribution in [3.63, 3.8) is 0 Å². The number of para-hydroxylation sites is 1. The molecule has 150 valence electrons. The first-order valence-corrected chi connectivity index (χ1v) is 11.2. The molecule has 1 aliphatic rings. The number of hydrogen-bond acceptors (Lipinski definition) is 4. The topological polar surface area (TPSA) is 59.8 Å². The van der Waals surface area contributed by atoms with Gasteiger partial charge in [0.15, 0.2) is 11.0 Å². The lowest BCUT2D eigenvalue weighted by Crippen LogP contribution is -2.38. The van der Waals surface area contributed by atoms with E-state index < -0.39 is 0 Å². The zero-order valence-electron chi connectivity index (χ0n) is 16.6. The summed E-state index contributed by atoms with van der Waals surface area (Å²) in [6.07, 6.45) is 4.55. The van der Waals surface area contributed by atoms with Gasteiger partial charge in [-0.1, -0.05) is 67.2 Å². The van der Waals surface area contributed by atoms with E-state index in [1.165, 1.54) is 24.6 Å². The van der Waals surface area contributed by atoms with Crippen molar-refractivity contribution in [3.05, 3.63) is 60.7 Å². The third kappa shape index (κ3) is 4.88. The van der Waals surface area contributed by atoms with Crippen LogP contribution in [-0.2, 0) is 4.79 Å². The van der Waals surface area contributed by atoms with E-state index in [0.29, 0.717) is 11.8 Å². The zero-order valence-corrected chi connectivity index (χ0v) is 17.4. The molecule has 1 aliphatic carbocycles. The number of carbonyl (C=O) groups is 1. The van der Waals surface area contributed by atoms with Gasteiger partial charge in [-0.25, -0.2) is 0 Å². The minimum Gasteiger partial charge on any atom is -0.353 e. The number of amides is 1. The van der Waals surface area contributed by atoms with Gasteiger partial charge in [0, 0.05) is 17.3 Å². The Labute approximate surface area is 175 Å². The lowest BCUT2D eigenvalue weighted by atomic mass is 9.87. The van der Waals surface area contributed by atoms with Gasteiger partial charge < -0.3 is 5.32 Å². The second-order valence-corrected chi connectivity index (χ2v) is 8.60. The van der Waals surface area contributed by atoms with E-state index in [4.69, 9.17) is 0 Å². The molecule has 1 fully saturated rings. The van der Waals surface area contributed by atoms with Crippen molar-refractivity contribution in [2.45, 2.75) is 43.8 Å². The molecule has 0 radical (unpaired) electrons. The van der Waals surface area contributed by atoms with Gasteiger partial charge in [0.2, 0.25) is 5.91 Å². The van der Waals surface area contributed by atoms with Gasteiger partial charge in [0.1, 0.15) is 0 Å². The molecule has 1 saturated carbocycles. The second kappa shape index (κ2) is 9.27. The number of rotatable bonds is 6. The van der Waals surface area contributed by atoms with E-state index in [9.17, 15) is 4.79 Å². The van der Waals surface area contributed by atoms with Crippen LogP contribution < -0.4 is 5.32 Å². The van der Waals surface area contributed by atoms with Gasteiger partial charge in [0.05, 0.1) is 5.75 Å². The summed E-state index contributed by atoms with van der Waals surface area (Å²) in [4.78, 5) is 12.5. The maximum Gasteiger partial charge on any atom is 0.230 e. The number of nitrogens with one attached hydrogen (secondary N) is 1. The summed E-state index contributed by atoms with van der Waals surface area (Å²) in [5, 5.41) is 12.7. The average Bonchev–Trinajstić information content (AvgIpc) is 3.19. The van der Waals surface area contributed by atoms with Crippen molar-refractivity contribution in [1.29, 1.82) is 0 Å². The van der Waals surface area contributed by atoms with E-state index in [0.717, 1.165) is 41.0 Å². The molecule has 1 amide bonds. The van der Waals surface area contributed by atoms with Crippen LogP contribution in [0.25, 0.3) is 17.1 Å². The average molecular weight is 407 g/mol. The number of aromatic nitrogens is 3. The summed E-state index contributed by atoms with van der Waals surface area (Å²) in [5.74, 6) is 1.96. The fraction of sp³-hybridized carbons (Fsp3) is 0.348. The SMILES string of the molecule is CC1CCC(NC(=O)CSc2nnc(-c3ccccc3)n2-c2ccccc2)CC1. The molecule has 0 aliphatic heterocycles. The predicted molar refractivity (Wildman–Crippen MR) is 117 cm³/mol. The minimum absolute atomic E-state index is 0.0680. The molecule has 4 rings (SSSR count). The van der Waals surface area contributed by atoms with E-state index in [-0.39, 0.29) is 5.91 Å². The Bertz CT molecular complexity index is 934. The minimum atomic E-state index is 0.0680. The van der Waals surface area contributed by atoms with Gasteiger partial charge in [-0.05, 0) is 43.7 Å². The molecule has 1 N–H and O–H groups in total. The molecule has 6 heteroatoms. The Balaban J connectivity index is 1.50. The standard InChI is InChI=1S/C23H26N4OS/c1-17-12-14-19(15-13-17)24-21(28)16-29-23-26-25-22(18-8-4-2-5-9-18)27(23)20-10-6-3-7-11-20/h2-11,17,19H,12-16H2,1H3,(H,24,28). The molecule has 0 unspecified atom stereocenters.